The molecule has 2 heterocycles. The number of nitrogens with zero attached hydrogens (tertiary/aromatic N) is 3. The number of anilines is 1. The summed E-state index contributed by atoms with van der Waals surface area (Å²) in [6.07, 6.45) is 3.93. The second-order valence-electron chi connectivity index (χ2n) is 11.2. The molecule has 0 bridgehead atoms. The second-order valence-corrected chi connectivity index (χ2v) is 12.8. The van der Waals surface area contributed by atoms with Crippen LogP contribution in [0.2, 0.25) is 0 Å². The van der Waals surface area contributed by atoms with Crippen molar-refractivity contribution >= 4 is 41.0 Å². The molecule has 12 heteroatoms. The minimum absolute atomic E-state index is 0.0447. The number of aromatic nitrogens is 2. The monoisotopic (exact) mass is 679 g/mol. The number of carbonyl (C=O) groups excluding carboxylic acids is 2. The number of nitrogens with one attached hydrogen (secondary N) is 2. The number of rotatable bonds is 13. The van der Waals surface area contributed by atoms with Crippen molar-refractivity contribution < 1.29 is 22.8 Å². The van der Waals surface area contributed by atoms with E-state index in [1.165, 1.54) is 17.7 Å². The van der Waals surface area contributed by atoms with Crippen LogP contribution in [0.1, 0.15) is 51.9 Å². The zero-order valence-electron chi connectivity index (χ0n) is 26.2. The predicted octanol–water partition coefficient (Wildman–Crippen LogP) is 7.70. The van der Waals surface area contributed by atoms with Crippen LogP contribution in [-0.2, 0) is 30.5 Å². The summed E-state index contributed by atoms with van der Waals surface area (Å²) in [6, 6.07) is 17.5. The summed E-state index contributed by atoms with van der Waals surface area (Å²) >= 11 is 3.19. The summed E-state index contributed by atoms with van der Waals surface area (Å²) < 4.78 is 39.1. The highest BCUT2D eigenvalue weighted by atomic mass is 32.2. The van der Waals surface area contributed by atoms with Crippen molar-refractivity contribution in [3.05, 3.63) is 101 Å². The molecule has 7 nitrogen and oxygen atoms in total. The Bertz CT molecular complexity index is 1690. The molecule has 0 spiro atoms. The summed E-state index contributed by atoms with van der Waals surface area (Å²) in [6.45, 7) is 2.96. The average Bonchev–Trinajstić information content (AvgIpc) is 3.48. The van der Waals surface area contributed by atoms with E-state index in [-0.39, 0.29) is 11.8 Å². The highest BCUT2D eigenvalue weighted by Gasteiger charge is 2.30. The van der Waals surface area contributed by atoms with Crippen molar-refractivity contribution in [1.29, 1.82) is 0 Å². The van der Waals surface area contributed by atoms with Crippen molar-refractivity contribution in [3.8, 4) is 11.1 Å². The van der Waals surface area contributed by atoms with E-state index in [1.807, 2.05) is 30.7 Å². The van der Waals surface area contributed by atoms with Gasteiger partial charge in [0, 0.05) is 49.4 Å². The van der Waals surface area contributed by atoms with E-state index in [9.17, 15) is 22.8 Å². The smallest absolute Gasteiger partial charge is 0.356 e. The first kappa shape index (κ1) is 34.5. The zero-order chi connectivity index (χ0) is 33.4. The van der Waals surface area contributed by atoms with Gasteiger partial charge in [0.1, 0.15) is 16.4 Å². The Labute approximate surface area is 281 Å². The van der Waals surface area contributed by atoms with Crippen LogP contribution in [-0.4, -0.2) is 52.3 Å². The molecule has 0 atom stereocenters. The van der Waals surface area contributed by atoms with Crippen molar-refractivity contribution in [2.45, 2.75) is 55.0 Å². The third-order valence-electron chi connectivity index (χ3n) is 8.00. The van der Waals surface area contributed by atoms with E-state index in [0.29, 0.717) is 35.3 Å². The van der Waals surface area contributed by atoms with Gasteiger partial charge in [-0.25, -0.2) is 9.97 Å². The number of alkyl halides is 3. The van der Waals surface area contributed by atoms with Gasteiger partial charge in [-0.2, -0.15) is 13.2 Å². The highest BCUT2D eigenvalue weighted by molar-refractivity contribution is 7.99. The first-order chi connectivity index (χ1) is 22.7. The van der Waals surface area contributed by atoms with Crippen molar-refractivity contribution in [2.24, 2.45) is 0 Å². The van der Waals surface area contributed by atoms with Gasteiger partial charge in [-0.15, -0.1) is 23.5 Å². The number of halogens is 3. The lowest BCUT2D eigenvalue weighted by atomic mass is 9.98. The Hall–Kier alpha value is -3.87. The zero-order valence-corrected chi connectivity index (χ0v) is 27.8. The Morgan fingerprint density at radius 2 is 1.60 bits per heavy atom. The Balaban J connectivity index is 1.08. The molecule has 0 saturated carbocycles. The van der Waals surface area contributed by atoms with Crippen LogP contribution < -0.4 is 10.6 Å². The number of thioether (sulfide) groups is 2. The van der Waals surface area contributed by atoms with Crippen LogP contribution in [0.5, 0.6) is 0 Å². The molecule has 47 heavy (non-hydrogen) atoms. The summed E-state index contributed by atoms with van der Waals surface area (Å²) in [5.41, 5.74) is 4.81. The summed E-state index contributed by atoms with van der Waals surface area (Å²) in [5.74, 6) is -0.291. The van der Waals surface area contributed by atoms with E-state index in [4.69, 9.17) is 0 Å². The van der Waals surface area contributed by atoms with Gasteiger partial charge in [0.15, 0.2) is 0 Å². The van der Waals surface area contributed by atoms with Crippen molar-refractivity contribution in [2.75, 3.05) is 30.9 Å². The summed E-state index contributed by atoms with van der Waals surface area (Å²) in [7, 11) is 0. The van der Waals surface area contributed by atoms with E-state index >= 15 is 0 Å². The predicted molar refractivity (Wildman–Crippen MR) is 182 cm³/mol. The van der Waals surface area contributed by atoms with E-state index in [1.54, 1.807) is 54.1 Å². The minimum Gasteiger partial charge on any atom is -0.356 e. The van der Waals surface area contributed by atoms with Gasteiger partial charge in [-0.05, 0) is 84.4 Å². The molecule has 1 aromatic heterocycles. The molecule has 0 radical (unpaired) electrons. The minimum atomic E-state index is -4.43. The van der Waals surface area contributed by atoms with Gasteiger partial charge < -0.3 is 10.6 Å². The molecule has 0 unspecified atom stereocenters. The van der Waals surface area contributed by atoms with E-state index in [2.05, 4.69) is 25.5 Å². The standard InChI is InChI=1S/C35H36F3N5O2S2/c1-46-33-30(34(47-2)41-22-40-33)9-5-10-31(44)39-17-6-18-43-20-24-13-16-27(19-25(24)21-43)42-32(45)29-8-4-3-7-28(29)23-11-14-26(15-12-23)35(36,37)38/h3-4,7-8,11-16,19,22H,5-6,9-10,17-18,20-21H2,1-2H3,(H,39,44)(H,42,45). The van der Waals surface area contributed by atoms with E-state index < -0.39 is 11.7 Å². The van der Waals surface area contributed by atoms with Crippen molar-refractivity contribution in [3.63, 3.8) is 0 Å². The molecule has 1 aliphatic rings. The lowest BCUT2D eigenvalue weighted by Gasteiger charge is -2.15. The molecule has 0 aliphatic carbocycles. The molecule has 0 saturated heterocycles. The second kappa shape index (κ2) is 15.8. The molecular formula is C35H36F3N5O2S2. The van der Waals surface area contributed by atoms with E-state index in [0.717, 1.165) is 72.2 Å². The lowest BCUT2D eigenvalue weighted by molar-refractivity contribution is -0.137. The molecule has 0 fully saturated rings. The molecule has 3 aromatic carbocycles. The average molecular weight is 680 g/mol. The Morgan fingerprint density at radius 3 is 2.30 bits per heavy atom. The van der Waals surface area contributed by atoms with Crippen LogP contribution in [0.25, 0.3) is 11.1 Å². The van der Waals surface area contributed by atoms with Crippen LogP contribution in [0.4, 0.5) is 18.9 Å². The topological polar surface area (TPSA) is 87.2 Å². The van der Waals surface area contributed by atoms with Gasteiger partial charge in [-0.3, -0.25) is 14.5 Å². The van der Waals surface area contributed by atoms with Gasteiger partial charge in [0.05, 0.1) is 5.56 Å². The number of hydrogen-bond donors (Lipinski definition) is 2. The number of hydrogen-bond acceptors (Lipinski definition) is 7. The number of fused-ring (bicyclic) bond motifs is 1. The fourth-order valence-corrected chi connectivity index (χ4v) is 6.92. The largest absolute Gasteiger partial charge is 0.416 e. The molecule has 2 amide bonds. The number of carbonyl (C=O) groups is 2. The Morgan fingerprint density at radius 1 is 0.894 bits per heavy atom. The fraction of sp³-hybridized carbons (Fsp3) is 0.314. The maximum absolute atomic E-state index is 13.3. The van der Waals surface area contributed by atoms with Crippen LogP contribution in [0.3, 0.4) is 0 Å². The fourth-order valence-electron chi connectivity index (χ4n) is 5.66. The Kier molecular flexibility index (Phi) is 11.6. The first-order valence-corrected chi connectivity index (χ1v) is 17.7. The summed E-state index contributed by atoms with van der Waals surface area (Å²) in [5, 5.41) is 7.93. The number of benzene rings is 3. The normalized spacial score (nSPS) is 13.0. The highest BCUT2D eigenvalue weighted by Crippen LogP contribution is 2.33. The molecular weight excluding hydrogens is 644 g/mol. The summed E-state index contributed by atoms with van der Waals surface area (Å²) in [4.78, 5) is 36.8. The third kappa shape index (κ3) is 8.94. The van der Waals surface area contributed by atoms with Crippen LogP contribution >= 0.6 is 23.5 Å². The van der Waals surface area contributed by atoms with Gasteiger partial charge in [0.25, 0.3) is 5.91 Å². The molecule has 1 aliphatic heterocycles. The maximum atomic E-state index is 13.3. The van der Waals surface area contributed by atoms with Crippen molar-refractivity contribution in [1.82, 2.24) is 20.2 Å². The maximum Gasteiger partial charge on any atom is 0.416 e. The van der Waals surface area contributed by atoms with Gasteiger partial charge >= 0.3 is 6.18 Å². The molecule has 246 valence electrons. The van der Waals surface area contributed by atoms with Crippen LogP contribution in [0, 0.1) is 0 Å². The first-order valence-electron chi connectivity index (χ1n) is 15.3. The SMILES string of the molecule is CSc1ncnc(SC)c1CCCC(=O)NCCCN1Cc2ccc(NC(=O)c3ccccc3-c3ccc(C(F)(F)F)cc3)cc2C1. The molecule has 5 rings (SSSR count). The quantitative estimate of drug-likeness (QED) is 0.0851. The van der Waals surface area contributed by atoms with Gasteiger partial charge in [0.2, 0.25) is 5.91 Å². The van der Waals surface area contributed by atoms with Crippen LogP contribution in [0.15, 0.2) is 83.1 Å². The molecule has 4 aromatic rings. The van der Waals surface area contributed by atoms with Gasteiger partial charge in [-0.1, -0.05) is 36.4 Å². The lowest BCUT2D eigenvalue weighted by Crippen LogP contribution is -2.27. The number of amides is 2. The molecule has 2 N–H and O–H groups in total. The third-order valence-corrected chi connectivity index (χ3v) is 9.48.